The Morgan fingerprint density at radius 2 is 1.88 bits per heavy atom. The lowest BCUT2D eigenvalue weighted by Crippen LogP contribution is -2.49. The number of rotatable bonds is 7. The summed E-state index contributed by atoms with van der Waals surface area (Å²) in [6.45, 7) is 2.48. The predicted octanol–water partition coefficient (Wildman–Crippen LogP) is 2.15. The van der Waals surface area contributed by atoms with E-state index in [1.54, 1.807) is 55.5 Å². The highest BCUT2D eigenvalue weighted by Gasteiger charge is 2.36. The lowest BCUT2D eigenvalue weighted by molar-refractivity contribution is -0.122. The van der Waals surface area contributed by atoms with E-state index in [2.05, 4.69) is 10.6 Å². The Bertz CT molecular complexity index is 1130. The first-order valence-electron chi connectivity index (χ1n) is 10.9. The van der Waals surface area contributed by atoms with Crippen LogP contribution in [0.15, 0.2) is 48.5 Å². The summed E-state index contributed by atoms with van der Waals surface area (Å²) in [6, 6.07) is 13.3. The van der Waals surface area contributed by atoms with Gasteiger partial charge in [-0.1, -0.05) is 24.3 Å². The predicted molar refractivity (Wildman–Crippen MR) is 124 cm³/mol. The normalized spacial score (nSPS) is 20.0. The van der Waals surface area contributed by atoms with Crippen LogP contribution in [0.5, 0.6) is 5.75 Å². The van der Waals surface area contributed by atoms with Crippen LogP contribution in [0.1, 0.15) is 30.1 Å². The van der Waals surface area contributed by atoms with Crippen molar-refractivity contribution >= 4 is 33.2 Å². The number of nitrogens with one attached hydrogen (secondary N) is 2. The van der Waals surface area contributed by atoms with Crippen molar-refractivity contribution in [3.05, 3.63) is 54.1 Å². The van der Waals surface area contributed by atoms with Gasteiger partial charge < -0.3 is 20.1 Å². The van der Waals surface area contributed by atoms with Crippen molar-refractivity contribution in [2.75, 3.05) is 35.1 Å². The first-order valence-corrected chi connectivity index (χ1v) is 12.6. The molecular weight excluding hydrogens is 446 g/mol. The molecule has 0 spiro atoms. The molecule has 4 rings (SSSR count). The molecule has 0 aliphatic carbocycles. The van der Waals surface area contributed by atoms with Crippen molar-refractivity contribution in [1.82, 2.24) is 5.32 Å². The number of benzene rings is 2. The number of hydrogen-bond donors (Lipinski definition) is 2. The maximum absolute atomic E-state index is 13.1. The number of fused-ring (bicyclic) bond motifs is 1. The summed E-state index contributed by atoms with van der Waals surface area (Å²) in [5, 5.41) is 5.58. The SMILES string of the molecule is CCS(=O)(=O)N1C[C@@H](C(=O)Nc2ccccc2C(=O)NC[C@@H]2CCCO2)Oc2ccccc21. The number of ether oxygens (including phenoxy) is 2. The molecule has 2 heterocycles. The molecule has 2 aromatic carbocycles. The smallest absolute Gasteiger partial charge is 0.267 e. The fourth-order valence-corrected chi connectivity index (χ4v) is 4.99. The number of para-hydroxylation sites is 3. The Kier molecular flexibility index (Phi) is 6.85. The molecule has 0 radical (unpaired) electrons. The van der Waals surface area contributed by atoms with Crippen LogP contribution in [0.4, 0.5) is 11.4 Å². The number of nitrogens with zero attached hydrogens (tertiary/aromatic N) is 1. The van der Waals surface area contributed by atoms with Gasteiger partial charge in [0, 0.05) is 13.2 Å². The number of sulfonamides is 1. The van der Waals surface area contributed by atoms with E-state index in [0.29, 0.717) is 35.8 Å². The highest BCUT2D eigenvalue weighted by atomic mass is 32.2. The molecule has 10 heteroatoms. The van der Waals surface area contributed by atoms with Crippen LogP contribution >= 0.6 is 0 Å². The molecule has 1 saturated heterocycles. The van der Waals surface area contributed by atoms with Crippen molar-refractivity contribution in [3.8, 4) is 5.75 Å². The van der Waals surface area contributed by atoms with Crippen molar-refractivity contribution < 1.29 is 27.5 Å². The van der Waals surface area contributed by atoms with Crippen molar-refractivity contribution in [2.24, 2.45) is 0 Å². The summed E-state index contributed by atoms with van der Waals surface area (Å²) < 4.78 is 37.8. The van der Waals surface area contributed by atoms with Crippen LogP contribution in [0.25, 0.3) is 0 Å². The molecule has 0 aromatic heterocycles. The first-order chi connectivity index (χ1) is 15.9. The monoisotopic (exact) mass is 473 g/mol. The van der Waals surface area contributed by atoms with Crippen molar-refractivity contribution in [2.45, 2.75) is 32.0 Å². The van der Waals surface area contributed by atoms with Gasteiger partial charge in [-0.3, -0.25) is 13.9 Å². The quantitative estimate of drug-likeness (QED) is 0.637. The first kappa shape index (κ1) is 23.1. The number of carbonyl (C=O) groups excluding carboxylic acids is 2. The molecular formula is C23H27N3O6S. The van der Waals surface area contributed by atoms with Crippen LogP contribution in [-0.2, 0) is 19.6 Å². The van der Waals surface area contributed by atoms with E-state index >= 15 is 0 Å². The lowest BCUT2D eigenvalue weighted by atomic mass is 10.1. The average molecular weight is 474 g/mol. The van der Waals surface area contributed by atoms with Crippen LogP contribution in [0.3, 0.4) is 0 Å². The van der Waals surface area contributed by atoms with E-state index in [4.69, 9.17) is 9.47 Å². The molecule has 2 atom stereocenters. The summed E-state index contributed by atoms with van der Waals surface area (Å²) >= 11 is 0. The number of carbonyl (C=O) groups is 2. The van der Waals surface area contributed by atoms with E-state index < -0.39 is 22.0 Å². The second-order valence-corrected chi connectivity index (χ2v) is 10.1. The summed E-state index contributed by atoms with van der Waals surface area (Å²) in [4.78, 5) is 25.8. The second-order valence-electron chi connectivity index (χ2n) is 7.89. The van der Waals surface area contributed by atoms with E-state index in [1.165, 1.54) is 4.31 Å². The third-order valence-electron chi connectivity index (χ3n) is 5.67. The Labute approximate surface area is 193 Å². The van der Waals surface area contributed by atoms with E-state index in [-0.39, 0.29) is 24.3 Å². The van der Waals surface area contributed by atoms with Crippen LogP contribution in [0.2, 0.25) is 0 Å². The zero-order chi connectivity index (χ0) is 23.4. The minimum Gasteiger partial charge on any atom is -0.476 e. The molecule has 2 aromatic rings. The average Bonchev–Trinajstić information content (AvgIpc) is 3.36. The third-order valence-corrected chi connectivity index (χ3v) is 7.42. The molecule has 0 bridgehead atoms. The van der Waals surface area contributed by atoms with E-state index in [9.17, 15) is 18.0 Å². The molecule has 176 valence electrons. The van der Waals surface area contributed by atoms with Gasteiger partial charge in [0.2, 0.25) is 10.0 Å². The second kappa shape index (κ2) is 9.80. The van der Waals surface area contributed by atoms with Gasteiger partial charge in [-0.25, -0.2) is 8.42 Å². The summed E-state index contributed by atoms with van der Waals surface area (Å²) in [7, 11) is -3.61. The minimum atomic E-state index is -3.61. The molecule has 2 amide bonds. The lowest BCUT2D eigenvalue weighted by Gasteiger charge is -2.34. The molecule has 0 saturated carbocycles. The van der Waals surface area contributed by atoms with Gasteiger partial charge in [-0.2, -0.15) is 0 Å². The molecule has 0 unspecified atom stereocenters. The van der Waals surface area contributed by atoms with E-state index in [1.807, 2.05) is 0 Å². The van der Waals surface area contributed by atoms with Crippen molar-refractivity contribution in [1.29, 1.82) is 0 Å². The van der Waals surface area contributed by atoms with Gasteiger partial charge in [-0.05, 0) is 44.0 Å². The Balaban J connectivity index is 1.50. The highest BCUT2D eigenvalue weighted by Crippen LogP contribution is 2.35. The fourth-order valence-electron chi connectivity index (χ4n) is 3.87. The maximum atomic E-state index is 13.1. The largest absolute Gasteiger partial charge is 0.476 e. The Morgan fingerprint density at radius 1 is 1.12 bits per heavy atom. The molecule has 33 heavy (non-hydrogen) atoms. The standard InChI is InChI=1S/C23H27N3O6S/c1-2-33(29,30)26-15-21(32-20-12-6-5-11-19(20)26)23(28)25-18-10-4-3-9-17(18)22(27)24-14-16-8-7-13-31-16/h3-6,9-12,16,21H,2,7-8,13-15H2,1H3,(H,24,27)(H,25,28)/t16-,21-/m0/s1. The van der Waals surface area contributed by atoms with Crippen LogP contribution in [0, 0.1) is 0 Å². The molecule has 1 fully saturated rings. The maximum Gasteiger partial charge on any atom is 0.267 e. The highest BCUT2D eigenvalue weighted by molar-refractivity contribution is 7.92. The molecule has 2 aliphatic heterocycles. The van der Waals surface area contributed by atoms with Gasteiger partial charge in [0.15, 0.2) is 6.10 Å². The number of amides is 2. The fraction of sp³-hybridized carbons (Fsp3) is 0.391. The van der Waals surface area contributed by atoms with Gasteiger partial charge in [-0.15, -0.1) is 0 Å². The van der Waals surface area contributed by atoms with Gasteiger partial charge in [0.25, 0.3) is 11.8 Å². The zero-order valence-corrected chi connectivity index (χ0v) is 19.1. The number of anilines is 2. The van der Waals surface area contributed by atoms with Gasteiger partial charge >= 0.3 is 0 Å². The molecule has 2 aliphatic rings. The van der Waals surface area contributed by atoms with E-state index in [0.717, 1.165) is 12.8 Å². The van der Waals surface area contributed by atoms with Gasteiger partial charge in [0.1, 0.15) is 5.75 Å². The zero-order valence-electron chi connectivity index (χ0n) is 18.3. The summed E-state index contributed by atoms with van der Waals surface area (Å²) in [5.41, 5.74) is 1.02. The molecule has 2 N–H and O–H groups in total. The van der Waals surface area contributed by atoms with Gasteiger partial charge in [0.05, 0.1) is 35.3 Å². The van der Waals surface area contributed by atoms with Crippen LogP contribution in [-0.4, -0.2) is 57.9 Å². The number of hydrogen-bond acceptors (Lipinski definition) is 6. The minimum absolute atomic E-state index is 0.00194. The topological polar surface area (TPSA) is 114 Å². The summed E-state index contributed by atoms with van der Waals surface area (Å²) in [6.07, 6.45) is 0.792. The van der Waals surface area contributed by atoms with Crippen LogP contribution < -0.4 is 19.7 Å². The summed E-state index contributed by atoms with van der Waals surface area (Å²) in [5.74, 6) is -0.668. The van der Waals surface area contributed by atoms with Crippen molar-refractivity contribution in [3.63, 3.8) is 0 Å². The third kappa shape index (κ3) is 5.12. The Morgan fingerprint density at radius 3 is 2.64 bits per heavy atom. The molecule has 9 nitrogen and oxygen atoms in total. The Hall–Kier alpha value is -3.11.